The summed E-state index contributed by atoms with van der Waals surface area (Å²) in [4.78, 5) is 10.6. The average molecular weight is 425 g/mol. The SMILES string of the molecule is CC(C)Cc1nc(-c2cnc(N)c(C(F)(F)F)c2)cn1[C@@H]1[C@H]2CN(CCF)CC21C. The number of piperidine rings is 1. The smallest absolute Gasteiger partial charge is 0.383 e. The lowest BCUT2D eigenvalue weighted by molar-refractivity contribution is -0.137. The van der Waals surface area contributed by atoms with Crippen LogP contribution in [0.25, 0.3) is 11.3 Å². The molecule has 0 aromatic carbocycles. The number of nitrogens with two attached hydrogens (primary N) is 1. The van der Waals surface area contributed by atoms with Gasteiger partial charge in [-0.1, -0.05) is 20.8 Å². The Morgan fingerprint density at radius 1 is 1.33 bits per heavy atom. The predicted octanol–water partition coefficient (Wildman–Crippen LogP) is 4.21. The van der Waals surface area contributed by atoms with Crippen LogP contribution < -0.4 is 5.73 Å². The molecule has 2 fully saturated rings. The topological polar surface area (TPSA) is 60.0 Å². The number of likely N-dealkylation sites (tertiary alicyclic amines) is 1. The quantitative estimate of drug-likeness (QED) is 0.705. The van der Waals surface area contributed by atoms with E-state index < -0.39 is 17.6 Å². The largest absolute Gasteiger partial charge is 0.419 e. The fraction of sp³-hybridized carbons (Fsp3) is 0.619. The molecule has 30 heavy (non-hydrogen) atoms. The van der Waals surface area contributed by atoms with Crippen LogP contribution in [-0.2, 0) is 12.6 Å². The minimum atomic E-state index is -4.57. The van der Waals surface area contributed by atoms with Gasteiger partial charge in [0, 0.05) is 61.4 Å². The van der Waals surface area contributed by atoms with Crippen LogP contribution in [0.2, 0.25) is 0 Å². The molecule has 2 aromatic rings. The van der Waals surface area contributed by atoms with E-state index >= 15 is 0 Å². The molecule has 1 saturated carbocycles. The molecule has 164 valence electrons. The normalized spacial score (nSPS) is 26.4. The van der Waals surface area contributed by atoms with E-state index in [0.29, 0.717) is 29.6 Å². The van der Waals surface area contributed by atoms with Gasteiger partial charge in [-0.15, -0.1) is 0 Å². The highest BCUT2D eigenvalue weighted by Crippen LogP contribution is 2.66. The first-order chi connectivity index (χ1) is 14.0. The number of fused-ring (bicyclic) bond motifs is 1. The molecule has 9 heteroatoms. The van der Waals surface area contributed by atoms with Gasteiger partial charge in [0.15, 0.2) is 0 Å². The van der Waals surface area contributed by atoms with Gasteiger partial charge >= 0.3 is 6.18 Å². The highest BCUT2D eigenvalue weighted by Gasteiger charge is 2.67. The van der Waals surface area contributed by atoms with Crippen LogP contribution in [0.5, 0.6) is 0 Å². The van der Waals surface area contributed by atoms with Gasteiger partial charge in [0.25, 0.3) is 0 Å². The maximum atomic E-state index is 13.3. The molecule has 5 nitrogen and oxygen atoms in total. The van der Waals surface area contributed by atoms with E-state index in [1.165, 1.54) is 6.20 Å². The number of nitrogens with zero attached hydrogens (tertiary/aromatic N) is 4. The second kappa shape index (κ2) is 7.21. The molecule has 2 N–H and O–H groups in total. The summed E-state index contributed by atoms with van der Waals surface area (Å²) >= 11 is 0. The van der Waals surface area contributed by atoms with Crippen LogP contribution in [0.15, 0.2) is 18.5 Å². The van der Waals surface area contributed by atoms with E-state index in [4.69, 9.17) is 5.73 Å². The first kappa shape index (κ1) is 21.1. The van der Waals surface area contributed by atoms with Crippen molar-refractivity contribution in [2.24, 2.45) is 17.3 Å². The number of alkyl halides is 4. The number of hydrogen-bond donors (Lipinski definition) is 1. The second-order valence-electron chi connectivity index (χ2n) is 9.18. The standard InChI is InChI=1S/C21H27F4N5/c1-12(2)6-17-28-16(13-7-14(21(23,24)25)19(26)27-8-13)10-30(17)18-15-9-29(5-4-22)11-20(15,18)3/h7-8,10,12,15,18H,4-6,9,11H2,1-3H3,(H2,26,27)/t15-,18-,20?/m1/s1. The van der Waals surface area contributed by atoms with Crippen LogP contribution in [0.4, 0.5) is 23.4 Å². The number of rotatable bonds is 6. The molecule has 1 aliphatic carbocycles. The van der Waals surface area contributed by atoms with Crippen molar-refractivity contribution in [2.45, 2.75) is 39.4 Å². The average Bonchev–Trinajstić information content (AvgIpc) is 2.93. The first-order valence-electron chi connectivity index (χ1n) is 10.2. The van der Waals surface area contributed by atoms with Crippen molar-refractivity contribution in [1.82, 2.24) is 19.4 Å². The molecule has 2 aromatic heterocycles. The fourth-order valence-electron chi connectivity index (χ4n) is 4.95. The zero-order valence-corrected chi connectivity index (χ0v) is 17.4. The minimum absolute atomic E-state index is 0.0371. The molecular weight excluding hydrogens is 398 g/mol. The summed E-state index contributed by atoms with van der Waals surface area (Å²) in [6.07, 6.45) is -0.660. The predicted molar refractivity (Wildman–Crippen MR) is 106 cm³/mol. The number of aromatic nitrogens is 3. The minimum Gasteiger partial charge on any atom is -0.383 e. The summed E-state index contributed by atoms with van der Waals surface area (Å²) in [5.41, 5.74) is 5.30. The second-order valence-corrected chi connectivity index (χ2v) is 9.18. The van der Waals surface area contributed by atoms with Crippen LogP contribution in [-0.4, -0.2) is 45.7 Å². The summed E-state index contributed by atoms with van der Waals surface area (Å²) in [7, 11) is 0. The van der Waals surface area contributed by atoms with Gasteiger partial charge in [0.2, 0.25) is 0 Å². The van der Waals surface area contributed by atoms with E-state index in [2.05, 4.69) is 40.2 Å². The molecule has 4 rings (SSSR count). The van der Waals surface area contributed by atoms with Crippen LogP contribution in [0.1, 0.15) is 38.2 Å². The number of nitrogen functional groups attached to an aromatic ring is 1. The van der Waals surface area contributed by atoms with Gasteiger partial charge < -0.3 is 10.3 Å². The Bertz CT molecular complexity index is 938. The fourth-order valence-corrected chi connectivity index (χ4v) is 4.95. The molecule has 3 atom stereocenters. The van der Waals surface area contributed by atoms with Gasteiger partial charge in [0.05, 0.1) is 11.3 Å². The summed E-state index contributed by atoms with van der Waals surface area (Å²) in [5.74, 6) is 1.07. The van der Waals surface area contributed by atoms with E-state index in [0.717, 1.165) is 31.4 Å². The number of halogens is 4. The zero-order valence-electron chi connectivity index (χ0n) is 17.4. The maximum absolute atomic E-state index is 13.3. The van der Waals surface area contributed by atoms with Crippen molar-refractivity contribution in [3.63, 3.8) is 0 Å². The number of hydrogen-bond acceptors (Lipinski definition) is 4. The Morgan fingerprint density at radius 2 is 2.07 bits per heavy atom. The Hall–Kier alpha value is -2.16. The third-order valence-electron chi connectivity index (χ3n) is 6.43. The van der Waals surface area contributed by atoms with E-state index in [9.17, 15) is 17.6 Å². The molecule has 0 radical (unpaired) electrons. The van der Waals surface area contributed by atoms with E-state index in [1.54, 1.807) is 0 Å². The molecule has 0 spiro atoms. The third-order valence-corrected chi connectivity index (χ3v) is 6.43. The Morgan fingerprint density at radius 3 is 2.63 bits per heavy atom. The van der Waals surface area contributed by atoms with Crippen LogP contribution in [0, 0.1) is 17.3 Å². The van der Waals surface area contributed by atoms with Gasteiger partial charge in [0.1, 0.15) is 18.3 Å². The molecule has 2 aliphatic rings. The maximum Gasteiger partial charge on any atom is 0.419 e. The zero-order chi connectivity index (χ0) is 21.8. The van der Waals surface area contributed by atoms with Gasteiger partial charge in [-0.2, -0.15) is 13.2 Å². The van der Waals surface area contributed by atoms with Crippen molar-refractivity contribution in [1.29, 1.82) is 0 Å². The Labute approximate surface area is 173 Å². The molecule has 1 aliphatic heterocycles. The van der Waals surface area contributed by atoms with Crippen molar-refractivity contribution in [2.75, 3.05) is 32.0 Å². The van der Waals surface area contributed by atoms with Crippen LogP contribution in [0.3, 0.4) is 0 Å². The van der Waals surface area contributed by atoms with E-state index in [1.807, 2.05) is 6.20 Å². The highest BCUT2D eigenvalue weighted by molar-refractivity contribution is 5.62. The van der Waals surface area contributed by atoms with Crippen molar-refractivity contribution < 1.29 is 17.6 Å². The summed E-state index contributed by atoms with van der Waals surface area (Å²) in [6, 6.07) is 1.25. The third kappa shape index (κ3) is 3.57. The monoisotopic (exact) mass is 425 g/mol. The molecule has 1 saturated heterocycles. The first-order valence-corrected chi connectivity index (χ1v) is 10.2. The van der Waals surface area contributed by atoms with Gasteiger partial charge in [-0.05, 0) is 12.0 Å². The summed E-state index contributed by atoms with van der Waals surface area (Å²) in [6.45, 7) is 8.13. The molecular formula is C21H27F4N5. The summed E-state index contributed by atoms with van der Waals surface area (Å²) < 4.78 is 54.7. The Balaban J connectivity index is 1.68. The Kier molecular flexibility index (Phi) is 5.07. The number of pyridine rings is 1. The van der Waals surface area contributed by atoms with Crippen molar-refractivity contribution in [3.05, 3.63) is 29.8 Å². The lowest BCUT2D eigenvalue weighted by atomic mass is 10.1. The van der Waals surface area contributed by atoms with Gasteiger partial charge in [-0.25, -0.2) is 14.4 Å². The summed E-state index contributed by atoms with van der Waals surface area (Å²) in [5, 5.41) is 0. The highest BCUT2D eigenvalue weighted by atomic mass is 19.4. The van der Waals surface area contributed by atoms with Crippen molar-refractivity contribution >= 4 is 5.82 Å². The van der Waals surface area contributed by atoms with E-state index in [-0.39, 0.29) is 18.1 Å². The lowest BCUT2D eigenvalue weighted by Crippen LogP contribution is -2.29. The molecule has 3 heterocycles. The number of anilines is 1. The molecule has 0 bridgehead atoms. The van der Waals surface area contributed by atoms with Crippen LogP contribution >= 0.6 is 0 Å². The van der Waals surface area contributed by atoms with Crippen molar-refractivity contribution in [3.8, 4) is 11.3 Å². The number of imidazole rings is 1. The van der Waals surface area contributed by atoms with Gasteiger partial charge in [-0.3, -0.25) is 4.90 Å². The molecule has 1 unspecified atom stereocenters. The lowest BCUT2D eigenvalue weighted by Gasteiger charge is -2.22. The molecule has 0 amide bonds.